The number of hydrazone groups is 1. The van der Waals surface area contributed by atoms with Gasteiger partial charge in [0.05, 0.1) is 5.41 Å². The lowest BCUT2D eigenvalue weighted by atomic mass is 9.76. The van der Waals surface area contributed by atoms with Crippen molar-refractivity contribution in [1.29, 1.82) is 0 Å². The topological polar surface area (TPSA) is 81.9 Å². The minimum atomic E-state index is -0.652. The first kappa shape index (κ1) is 19.8. The summed E-state index contributed by atoms with van der Waals surface area (Å²) in [5.74, 6) is -0.0955. The van der Waals surface area contributed by atoms with Crippen LogP contribution < -0.4 is 5.43 Å². The first-order valence-corrected chi connectivity index (χ1v) is 9.27. The predicted octanol–water partition coefficient (Wildman–Crippen LogP) is 4.31. The second kappa shape index (κ2) is 9.80. The monoisotopic (exact) mass is 356 g/mol. The number of nitrogens with one attached hydrogen (secondary N) is 1. The van der Waals surface area contributed by atoms with E-state index in [9.17, 15) is 15.0 Å². The van der Waals surface area contributed by atoms with Crippen molar-refractivity contribution in [3.63, 3.8) is 0 Å². The van der Waals surface area contributed by atoms with Crippen LogP contribution >= 0.6 is 0 Å². The highest BCUT2D eigenvalue weighted by atomic mass is 16.3. The van der Waals surface area contributed by atoms with E-state index in [1.54, 1.807) is 12.3 Å². The Morgan fingerprint density at radius 3 is 2.73 bits per heavy atom. The summed E-state index contributed by atoms with van der Waals surface area (Å²) in [4.78, 5) is 11.9. The molecule has 0 radical (unpaired) electrons. The molecular formula is C21H28N2O3. The number of hydrogen-bond acceptors (Lipinski definition) is 4. The fourth-order valence-corrected chi connectivity index (χ4v) is 3.08. The summed E-state index contributed by atoms with van der Waals surface area (Å²) in [6.07, 6.45) is 15.9. The zero-order chi connectivity index (χ0) is 18.8. The number of aromatic hydroxyl groups is 2. The Morgan fingerprint density at radius 1 is 1.23 bits per heavy atom. The number of amides is 1. The van der Waals surface area contributed by atoms with Crippen LogP contribution in [0.2, 0.25) is 0 Å². The molecule has 2 rings (SSSR count). The van der Waals surface area contributed by atoms with Crippen molar-refractivity contribution in [2.45, 2.75) is 57.3 Å². The Labute approximate surface area is 155 Å². The summed E-state index contributed by atoms with van der Waals surface area (Å²) in [5, 5.41) is 23.9. The third-order valence-electron chi connectivity index (χ3n) is 4.57. The van der Waals surface area contributed by atoms with Gasteiger partial charge in [-0.3, -0.25) is 4.79 Å². The van der Waals surface area contributed by atoms with Crippen molar-refractivity contribution >= 4 is 12.1 Å². The van der Waals surface area contributed by atoms with Gasteiger partial charge in [-0.2, -0.15) is 5.10 Å². The van der Waals surface area contributed by atoms with Gasteiger partial charge < -0.3 is 10.2 Å². The maximum absolute atomic E-state index is 11.9. The predicted molar refractivity (Wildman–Crippen MR) is 104 cm³/mol. The van der Waals surface area contributed by atoms with Gasteiger partial charge in [0.1, 0.15) is 11.5 Å². The standard InChI is InChI=1S/C21H28N2O3/c1-2-3-4-5-7-10-20(26)23-22-16-21(13-8-6-9-14-21)18-12-11-17(24)15-19(18)25/h6,8-9,11-13,15-16,24-25H,2-5,7,10,14H2,1H3,(H,23,26)/b22-16-. The lowest BCUT2D eigenvalue weighted by Gasteiger charge is -2.28. The maximum atomic E-state index is 11.9. The number of benzene rings is 1. The highest BCUT2D eigenvalue weighted by Crippen LogP contribution is 2.38. The van der Waals surface area contributed by atoms with Gasteiger partial charge in [-0.05, 0) is 18.9 Å². The van der Waals surface area contributed by atoms with Crippen LogP contribution in [-0.4, -0.2) is 22.3 Å². The first-order chi connectivity index (χ1) is 12.6. The van der Waals surface area contributed by atoms with Gasteiger partial charge in [-0.25, -0.2) is 5.43 Å². The number of carbonyl (C=O) groups excluding carboxylic acids is 1. The summed E-state index contributed by atoms with van der Waals surface area (Å²) in [6, 6.07) is 4.52. The zero-order valence-corrected chi connectivity index (χ0v) is 15.3. The number of nitrogens with zero attached hydrogens (tertiary/aromatic N) is 1. The van der Waals surface area contributed by atoms with E-state index in [0.717, 1.165) is 19.3 Å². The second-order valence-electron chi connectivity index (χ2n) is 6.69. The first-order valence-electron chi connectivity index (χ1n) is 9.27. The van der Waals surface area contributed by atoms with Crippen molar-refractivity contribution in [3.8, 4) is 11.5 Å². The quantitative estimate of drug-likeness (QED) is 0.350. The second-order valence-corrected chi connectivity index (χ2v) is 6.69. The average molecular weight is 356 g/mol. The van der Waals surface area contributed by atoms with Crippen LogP contribution in [-0.2, 0) is 10.2 Å². The minimum Gasteiger partial charge on any atom is -0.508 e. The molecule has 0 heterocycles. The number of phenols is 2. The molecule has 5 heteroatoms. The fourth-order valence-electron chi connectivity index (χ4n) is 3.08. The van der Waals surface area contributed by atoms with Crippen LogP contribution in [0.15, 0.2) is 47.6 Å². The lowest BCUT2D eigenvalue weighted by molar-refractivity contribution is -0.121. The molecular weight excluding hydrogens is 328 g/mol. The summed E-state index contributed by atoms with van der Waals surface area (Å²) in [6.45, 7) is 2.16. The fraction of sp³-hybridized carbons (Fsp3) is 0.429. The molecule has 0 saturated heterocycles. The molecule has 0 fully saturated rings. The largest absolute Gasteiger partial charge is 0.508 e. The SMILES string of the molecule is CCCCCCCC(=O)N/N=C\C1(c2ccc(O)cc2O)C=CC=CC1. The molecule has 0 aliphatic heterocycles. The summed E-state index contributed by atoms with van der Waals surface area (Å²) in [5.41, 5.74) is 2.57. The van der Waals surface area contributed by atoms with Gasteiger partial charge in [0.15, 0.2) is 0 Å². The molecule has 1 aliphatic carbocycles. The van der Waals surface area contributed by atoms with Gasteiger partial charge in [-0.15, -0.1) is 0 Å². The van der Waals surface area contributed by atoms with E-state index in [0.29, 0.717) is 18.4 Å². The Morgan fingerprint density at radius 2 is 2.04 bits per heavy atom. The smallest absolute Gasteiger partial charge is 0.240 e. The van der Waals surface area contributed by atoms with E-state index in [1.807, 2.05) is 24.3 Å². The molecule has 1 unspecified atom stereocenters. The normalized spacial score (nSPS) is 19.1. The number of phenolic OH excluding ortho intramolecular Hbond substituents is 2. The zero-order valence-electron chi connectivity index (χ0n) is 15.3. The molecule has 1 aromatic carbocycles. The van der Waals surface area contributed by atoms with E-state index >= 15 is 0 Å². The summed E-state index contributed by atoms with van der Waals surface area (Å²) < 4.78 is 0. The highest BCUT2D eigenvalue weighted by molar-refractivity contribution is 5.82. The Balaban J connectivity index is 2.00. The lowest BCUT2D eigenvalue weighted by Crippen LogP contribution is -2.28. The Bertz CT molecular complexity index is 694. The van der Waals surface area contributed by atoms with Crippen LogP contribution in [0.4, 0.5) is 0 Å². The van der Waals surface area contributed by atoms with Crippen molar-refractivity contribution in [3.05, 3.63) is 48.1 Å². The molecule has 0 saturated carbocycles. The number of rotatable bonds is 9. The van der Waals surface area contributed by atoms with E-state index < -0.39 is 5.41 Å². The van der Waals surface area contributed by atoms with Gasteiger partial charge in [-0.1, -0.05) is 63.0 Å². The molecule has 1 atom stereocenters. The molecule has 1 aromatic rings. The highest BCUT2D eigenvalue weighted by Gasteiger charge is 2.30. The van der Waals surface area contributed by atoms with Gasteiger partial charge in [0, 0.05) is 24.3 Å². The number of hydrogen-bond donors (Lipinski definition) is 3. The van der Waals surface area contributed by atoms with E-state index in [2.05, 4.69) is 17.5 Å². The third-order valence-corrected chi connectivity index (χ3v) is 4.57. The van der Waals surface area contributed by atoms with Gasteiger partial charge in [0.25, 0.3) is 0 Å². The van der Waals surface area contributed by atoms with Gasteiger partial charge in [0.2, 0.25) is 5.91 Å². The van der Waals surface area contributed by atoms with Crippen molar-refractivity contribution in [1.82, 2.24) is 5.43 Å². The molecule has 1 aliphatic rings. The average Bonchev–Trinajstić information content (AvgIpc) is 2.62. The van der Waals surface area contributed by atoms with E-state index in [-0.39, 0.29) is 17.4 Å². The summed E-state index contributed by atoms with van der Waals surface area (Å²) >= 11 is 0. The Hall–Kier alpha value is -2.56. The van der Waals surface area contributed by atoms with Crippen molar-refractivity contribution in [2.24, 2.45) is 5.10 Å². The van der Waals surface area contributed by atoms with Crippen LogP contribution in [0.25, 0.3) is 0 Å². The van der Waals surface area contributed by atoms with E-state index in [4.69, 9.17) is 0 Å². The van der Waals surface area contributed by atoms with E-state index in [1.165, 1.54) is 25.0 Å². The molecule has 0 spiro atoms. The van der Waals surface area contributed by atoms with Crippen LogP contribution in [0.1, 0.15) is 57.4 Å². The number of carbonyl (C=O) groups is 1. The molecule has 26 heavy (non-hydrogen) atoms. The van der Waals surface area contributed by atoms with Gasteiger partial charge >= 0.3 is 0 Å². The Kier molecular flexibility index (Phi) is 7.45. The molecule has 0 aromatic heterocycles. The minimum absolute atomic E-state index is 0.00125. The van der Waals surface area contributed by atoms with Crippen LogP contribution in [0, 0.1) is 0 Å². The molecule has 140 valence electrons. The molecule has 5 nitrogen and oxygen atoms in total. The van der Waals surface area contributed by atoms with Crippen molar-refractivity contribution in [2.75, 3.05) is 0 Å². The molecule has 1 amide bonds. The summed E-state index contributed by atoms with van der Waals surface area (Å²) in [7, 11) is 0. The maximum Gasteiger partial charge on any atom is 0.240 e. The van der Waals surface area contributed by atoms with Crippen molar-refractivity contribution < 1.29 is 15.0 Å². The third kappa shape index (κ3) is 5.48. The molecule has 0 bridgehead atoms. The van der Waals surface area contributed by atoms with Crippen LogP contribution in [0.3, 0.4) is 0 Å². The van der Waals surface area contributed by atoms with Crippen LogP contribution in [0.5, 0.6) is 11.5 Å². The number of allylic oxidation sites excluding steroid dienone is 4. The number of unbranched alkanes of at least 4 members (excludes halogenated alkanes) is 4. The molecule has 3 N–H and O–H groups in total.